The van der Waals surface area contributed by atoms with Crippen molar-refractivity contribution in [1.29, 1.82) is 0 Å². The van der Waals surface area contributed by atoms with Crippen LogP contribution in [0, 0.1) is 0 Å². The van der Waals surface area contributed by atoms with Crippen LogP contribution in [0.1, 0.15) is 51.6 Å². The lowest BCUT2D eigenvalue weighted by Gasteiger charge is -2.25. The van der Waals surface area contributed by atoms with Gasteiger partial charge in [0.15, 0.2) is 0 Å². The van der Waals surface area contributed by atoms with Gasteiger partial charge in [-0.2, -0.15) is 0 Å². The Hall–Kier alpha value is -0.730. The summed E-state index contributed by atoms with van der Waals surface area (Å²) in [5.41, 5.74) is 2.46. The summed E-state index contributed by atoms with van der Waals surface area (Å²) in [4.78, 5) is 2.46. The zero-order valence-corrected chi connectivity index (χ0v) is 13.0. The number of hydrogen-bond acceptors (Lipinski definition) is 2. The van der Waals surface area contributed by atoms with Crippen LogP contribution in [0.25, 0.3) is 0 Å². The summed E-state index contributed by atoms with van der Waals surface area (Å²) in [6, 6.07) is 7.47. The van der Waals surface area contributed by atoms with Crippen molar-refractivity contribution in [3.63, 3.8) is 0 Å². The summed E-state index contributed by atoms with van der Waals surface area (Å²) in [7, 11) is 0. The Balaban J connectivity index is 2.12. The van der Waals surface area contributed by atoms with Crippen molar-refractivity contribution >= 4 is 17.3 Å². The number of rotatable bonds is 5. The predicted octanol–water partition coefficient (Wildman–Crippen LogP) is 4.39. The fourth-order valence-corrected chi connectivity index (χ4v) is 3.17. The Bertz CT molecular complexity index is 419. The van der Waals surface area contributed by atoms with Crippen LogP contribution >= 0.6 is 11.6 Å². The smallest absolute Gasteiger partial charge is 0.0474 e. The van der Waals surface area contributed by atoms with Gasteiger partial charge in [0.25, 0.3) is 0 Å². The van der Waals surface area contributed by atoms with Crippen LogP contribution in [0.2, 0.25) is 5.02 Å². The van der Waals surface area contributed by atoms with E-state index in [9.17, 15) is 0 Å². The Morgan fingerprint density at radius 1 is 1.47 bits per heavy atom. The minimum Gasteiger partial charge on any atom is -0.369 e. The maximum Gasteiger partial charge on any atom is 0.0474 e. The fraction of sp³-hybridized carbons (Fsp3) is 0.625. The van der Waals surface area contributed by atoms with Gasteiger partial charge >= 0.3 is 0 Å². The van der Waals surface area contributed by atoms with Crippen LogP contribution in [-0.4, -0.2) is 19.1 Å². The SMILES string of the molecule is CCCNC(C)c1ccc(N2CCCC2C)cc1Cl. The van der Waals surface area contributed by atoms with E-state index < -0.39 is 0 Å². The highest BCUT2D eigenvalue weighted by atomic mass is 35.5. The van der Waals surface area contributed by atoms with E-state index >= 15 is 0 Å². The van der Waals surface area contributed by atoms with E-state index in [0.717, 1.165) is 24.5 Å². The van der Waals surface area contributed by atoms with Crippen molar-refractivity contribution in [2.75, 3.05) is 18.0 Å². The van der Waals surface area contributed by atoms with Crippen molar-refractivity contribution in [3.05, 3.63) is 28.8 Å². The lowest BCUT2D eigenvalue weighted by atomic mass is 10.1. The molecule has 0 aliphatic carbocycles. The van der Waals surface area contributed by atoms with E-state index in [2.05, 4.69) is 49.2 Å². The lowest BCUT2D eigenvalue weighted by Crippen LogP contribution is -2.26. The molecule has 0 amide bonds. The van der Waals surface area contributed by atoms with Gasteiger partial charge in [-0.25, -0.2) is 0 Å². The molecule has 1 aromatic rings. The average molecular weight is 281 g/mol. The highest BCUT2D eigenvalue weighted by Gasteiger charge is 2.21. The fourth-order valence-electron chi connectivity index (χ4n) is 2.83. The van der Waals surface area contributed by atoms with Crippen LogP contribution in [0.15, 0.2) is 18.2 Å². The van der Waals surface area contributed by atoms with E-state index in [4.69, 9.17) is 11.6 Å². The van der Waals surface area contributed by atoms with Gasteiger partial charge in [-0.1, -0.05) is 24.6 Å². The Morgan fingerprint density at radius 3 is 2.84 bits per heavy atom. The normalized spacial score (nSPS) is 20.8. The molecule has 19 heavy (non-hydrogen) atoms. The Kier molecular flexibility index (Phi) is 5.12. The molecule has 2 rings (SSSR count). The molecule has 1 aliphatic heterocycles. The van der Waals surface area contributed by atoms with Gasteiger partial charge in [-0.3, -0.25) is 0 Å². The molecule has 2 unspecified atom stereocenters. The van der Waals surface area contributed by atoms with E-state index in [1.54, 1.807) is 0 Å². The molecule has 0 spiro atoms. The molecule has 1 N–H and O–H groups in total. The van der Waals surface area contributed by atoms with Crippen molar-refractivity contribution in [2.45, 2.75) is 52.1 Å². The van der Waals surface area contributed by atoms with E-state index in [-0.39, 0.29) is 0 Å². The molecular formula is C16H25ClN2. The number of benzene rings is 1. The van der Waals surface area contributed by atoms with Gasteiger partial charge < -0.3 is 10.2 Å². The van der Waals surface area contributed by atoms with E-state index in [1.807, 2.05) is 0 Å². The first-order valence-electron chi connectivity index (χ1n) is 7.43. The summed E-state index contributed by atoms with van der Waals surface area (Å²) in [6.07, 6.45) is 3.72. The molecule has 1 saturated heterocycles. The first-order valence-corrected chi connectivity index (χ1v) is 7.80. The lowest BCUT2D eigenvalue weighted by molar-refractivity contribution is 0.571. The molecule has 2 atom stereocenters. The summed E-state index contributed by atoms with van der Waals surface area (Å²) in [5.74, 6) is 0. The van der Waals surface area contributed by atoms with Crippen molar-refractivity contribution < 1.29 is 0 Å². The standard InChI is InChI=1S/C16H25ClN2/c1-4-9-18-13(3)15-8-7-14(11-16(15)17)19-10-5-6-12(19)2/h7-8,11-13,18H,4-6,9-10H2,1-3H3. The minimum atomic E-state index is 0.317. The second-order valence-corrected chi connectivity index (χ2v) is 5.97. The third kappa shape index (κ3) is 3.43. The number of nitrogens with one attached hydrogen (secondary N) is 1. The molecule has 0 saturated carbocycles. The van der Waals surface area contributed by atoms with Crippen LogP contribution < -0.4 is 10.2 Å². The summed E-state index contributed by atoms with van der Waals surface area (Å²) in [6.45, 7) is 8.83. The van der Waals surface area contributed by atoms with Crippen molar-refractivity contribution in [3.8, 4) is 0 Å². The number of halogens is 1. The Labute approximate surface area is 122 Å². The molecule has 1 aliphatic rings. The predicted molar refractivity (Wildman–Crippen MR) is 84.2 cm³/mol. The second kappa shape index (κ2) is 6.62. The monoisotopic (exact) mass is 280 g/mol. The molecule has 0 radical (unpaired) electrons. The largest absolute Gasteiger partial charge is 0.369 e. The number of hydrogen-bond donors (Lipinski definition) is 1. The third-order valence-corrected chi connectivity index (χ3v) is 4.36. The van der Waals surface area contributed by atoms with Gasteiger partial charge in [0.2, 0.25) is 0 Å². The number of anilines is 1. The summed E-state index contributed by atoms with van der Waals surface area (Å²) in [5, 5.41) is 4.37. The maximum absolute atomic E-state index is 6.46. The molecular weight excluding hydrogens is 256 g/mol. The molecule has 1 aromatic carbocycles. The van der Waals surface area contributed by atoms with Gasteiger partial charge in [0.05, 0.1) is 0 Å². The van der Waals surface area contributed by atoms with Crippen LogP contribution in [0.5, 0.6) is 0 Å². The quantitative estimate of drug-likeness (QED) is 0.860. The molecule has 0 bridgehead atoms. The zero-order valence-electron chi connectivity index (χ0n) is 12.2. The Morgan fingerprint density at radius 2 is 2.26 bits per heavy atom. The van der Waals surface area contributed by atoms with Crippen LogP contribution in [0.3, 0.4) is 0 Å². The zero-order chi connectivity index (χ0) is 13.8. The molecule has 3 heteroatoms. The van der Waals surface area contributed by atoms with Crippen molar-refractivity contribution in [2.24, 2.45) is 0 Å². The molecule has 0 aromatic heterocycles. The first-order chi connectivity index (χ1) is 9.13. The number of nitrogens with zero attached hydrogens (tertiary/aromatic N) is 1. The topological polar surface area (TPSA) is 15.3 Å². The van der Waals surface area contributed by atoms with E-state index in [0.29, 0.717) is 12.1 Å². The third-order valence-electron chi connectivity index (χ3n) is 4.04. The van der Waals surface area contributed by atoms with Crippen LogP contribution in [-0.2, 0) is 0 Å². The first kappa shape index (κ1) is 14.7. The molecule has 2 nitrogen and oxygen atoms in total. The summed E-state index contributed by atoms with van der Waals surface area (Å²) >= 11 is 6.46. The highest BCUT2D eigenvalue weighted by molar-refractivity contribution is 6.31. The summed E-state index contributed by atoms with van der Waals surface area (Å²) < 4.78 is 0. The molecule has 106 valence electrons. The van der Waals surface area contributed by atoms with Crippen molar-refractivity contribution in [1.82, 2.24) is 5.32 Å². The highest BCUT2D eigenvalue weighted by Crippen LogP contribution is 2.31. The minimum absolute atomic E-state index is 0.317. The average Bonchev–Trinajstić information content (AvgIpc) is 2.82. The molecule has 1 heterocycles. The van der Waals surface area contributed by atoms with Crippen LogP contribution in [0.4, 0.5) is 5.69 Å². The van der Waals surface area contributed by atoms with Gasteiger partial charge in [0, 0.05) is 29.3 Å². The van der Waals surface area contributed by atoms with Gasteiger partial charge in [0.1, 0.15) is 0 Å². The van der Waals surface area contributed by atoms with E-state index in [1.165, 1.54) is 24.1 Å². The molecule has 1 fully saturated rings. The maximum atomic E-state index is 6.46. The van der Waals surface area contributed by atoms with Gasteiger partial charge in [-0.05, 0) is 57.4 Å². The van der Waals surface area contributed by atoms with Gasteiger partial charge in [-0.15, -0.1) is 0 Å². The second-order valence-electron chi connectivity index (χ2n) is 5.57.